The number of nitrogens with zero attached hydrogens (tertiary/aromatic N) is 4. The molecule has 0 aliphatic carbocycles. The van der Waals surface area contributed by atoms with E-state index in [1.807, 2.05) is 13.1 Å². The van der Waals surface area contributed by atoms with Gasteiger partial charge in [0.2, 0.25) is 5.95 Å². The first-order valence-electron chi connectivity index (χ1n) is 7.64. The van der Waals surface area contributed by atoms with Gasteiger partial charge in [0.05, 0.1) is 22.8 Å². The van der Waals surface area contributed by atoms with E-state index in [1.165, 1.54) is 6.07 Å². The molecule has 0 saturated heterocycles. The van der Waals surface area contributed by atoms with Crippen molar-refractivity contribution in [3.8, 4) is 28.4 Å². The second-order valence-electron chi connectivity index (χ2n) is 5.55. The van der Waals surface area contributed by atoms with Crippen molar-refractivity contribution in [2.75, 3.05) is 5.73 Å². The Morgan fingerprint density at radius 2 is 1.92 bits per heavy atom. The van der Waals surface area contributed by atoms with Crippen LogP contribution in [0.1, 0.15) is 19.0 Å². The van der Waals surface area contributed by atoms with E-state index >= 15 is 0 Å². The summed E-state index contributed by atoms with van der Waals surface area (Å²) in [6, 6.07) is 8.55. The van der Waals surface area contributed by atoms with Gasteiger partial charge in [-0.2, -0.15) is 5.10 Å². The maximum atomic E-state index is 10.1. The topological polar surface area (TPSA) is 89.9 Å². The van der Waals surface area contributed by atoms with E-state index in [0.717, 1.165) is 24.2 Å². The van der Waals surface area contributed by atoms with Crippen LogP contribution >= 0.6 is 11.6 Å². The van der Waals surface area contributed by atoms with E-state index in [4.69, 9.17) is 17.3 Å². The Bertz CT molecular complexity index is 891. The lowest BCUT2D eigenvalue weighted by Crippen LogP contribution is -2.01. The summed E-state index contributed by atoms with van der Waals surface area (Å²) in [5, 5.41) is 15.1. The number of rotatable bonds is 4. The first kappa shape index (κ1) is 16.3. The van der Waals surface area contributed by atoms with E-state index in [9.17, 15) is 5.11 Å². The number of phenolic OH excluding ortho intramolecular Hbond substituents is 1. The molecule has 0 fully saturated rings. The van der Waals surface area contributed by atoms with Crippen LogP contribution in [-0.2, 0) is 13.5 Å². The molecule has 2 heterocycles. The summed E-state index contributed by atoms with van der Waals surface area (Å²) in [7, 11) is 1.86. The van der Waals surface area contributed by atoms with E-state index < -0.39 is 0 Å². The predicted molar refractivity (Wildman–Crippen MR) is 94.8 cm³/mol. The minimum atomic E-state index is 0.0835. The minimum Gasteiger partial charge on any atom is -0.507 e. The number of halogens is 1. The van der Waals surface area contributed by atoms with Crippen LogP contribution in [0, 0.1) is 0 Å². The Morgan fingerprint density at radius 3 is 2.67 bits per heavy atom. The average Bonchev–Trinajstić information content (AvgIpc) is 2.90. The molecule has 1 aromatic carbocycles. The van der Waals surface area contributed by atoms with Crippen LogP contribution in [0.25, 0.3) is 22.6 Å². The maximum absolute atomic E-state index is 10.1. The highest BCUT2D eigenvalue weighted by Gasteiger charge is 2.14. The molecule has 124 valence electrons. The summed E-state index contributed by atoms with van der Waals surface area (Å²) in [5.74, 6) is 0.209. The quantitative estimate of drug-likeness (QED) is 0.757. The molecule has 3 N–H and O–H groups in total. The number of aromatic hydroxyl groups is 1. The van der Waals surface area contributed by atoms with E-state index in [-0.39, 0.29) is 11.7 Å². The van der Waals surface area contributed by atoms with Crippen LogP contribution in [-0.4, -0.2) is 24.9 Å². The van der Waals surface area contributed by atoms with Crippen molar-refractivity contribution in [1.29, 1.82) is 0 Å². The molecule has 0 aliphatic rings. The average molecular weight is 344 g/mol. The van der Waals surface area contributed by atoms with Gasteiger partial charge >= 0.3 is 0 Å². The zero-order valence-electron chi connectivity index (χ0n) is 13.5. The molecule has 24 heavy (non-hydrogen) atoms. The summed E-state index contributed by atoms with van der Waals surface area (Å²) in [4.78, 5) is 8.53. The van der Waals surface area contributed by atoms with Gasteiger partial charge < -0.3 is 10.8 Å². The number of nitrogens with two attached hydrogens (primary N) is 1. The van der Waals surface area contributed by atoms with Gasteiger partial charge in [-0.3, -0.25) is 4.68 Å². The second kappa shape index (κ2) is 6.49. The fraction of sp³-hybridized carbons (Fsp3) is 0.235. The van der Waals surface area contributed by atoms with Crippen molar-refractivity contribution in [2.24, 2.45) is 7.05 Å². The third-order valence-corrected chi connectivity index (χ3v) is 3.91. The molecule has 0 radical (unpaired) electrons. The number of benzene rings is 1. The van der Waals surface area contributed by atoms with Crippen molar-refractivity contribution in [3.63, 3.8) is 0 Å². The predicted octanol–water partition coefficient (Wildman–Crippen LogP) is 3.44. The number of phenols is 1. The monoisotopic (exact) mass is 343 g/mol. The normalized spacial score (nSPS) is 11.0. The van der Waals surface area contributed by atoms with Crippen LogP contribution < -0.4 is 5.73 Å². The van der Waals surface area contributed by atoms with Crippen molar-refractivity contribution in [1.82, 2.24) is 19.7 Å². The van der Waals surface area contributed by atoms with Gasteiger partial charge in [-0.15, -0.1) is 0 Å². The van der Waals surface area contributed by atoms with Crippen molar-refractivity contribution < 1.29 is 5.11 Å². The van der Waals surface area contributed by atoms with Crippen LogP contribution in [0.3, 0.4) is 0 Å². The third kappa shape index (κ3) is 3.19. The van der Waals surface area contributed by atoms with Crippen molar-refractivity contribution in [2.45, 2.75) is 19.8 Å². The standard InChI is InChI=1S/C17H18ClN5O/c1-3-4-11-8-15(23(2)22-11)14-9-13(20-17(19)21-14)12-7-10(18)5-6-16(12)24/h5-9,24H,3-4H2,1-2H3,(H2,19,20,21). The summed E-state index contributed by atoms with van der Waals surface area (Å²) >= 11 is 6.03. The van der Waals surface area contributed by atoms with Gasteiger partial charge in [0, 0.05) is 17.6 Å². The number of hydrogen-bond donors (Lipinski definition) is 2. The lowest BCUT2D eigenvalue weighted by molar-refractivity contribution is 0.477. The van der Waals surface area contributed by atoms with Gasteiger partial charge in [-0.05, 0) is 36.8 Å². The number of anilines is 1. The molecule has 3 rings (SSSR count). The van der Waals surface area contributed by atoms with E-state index in [0.29, 0.717) is 22.0 Å². The number of aryl methyl sites for hydroxylation is 2. The molecule has 0 saturated carbocycles. The number of nitrogen functional groups attached to an aromatic ring is 1. The third-order valence-electron chi connectivity index (χ3n) is 3.68. The molecular weight excluding hydrogens is 326 g/mol. The Labute approximate surface area is 144 Å². The van der Waals surface area contributed by atoms with Crippen LogP contribution in [0.2, 0.25) is 5.02 Å². The Hall–Kier alpha value is -2.60. The maximum Gasteiger partial charge on any atom is 0.221 e. The molecule has 0 aliphatic heterocycles. The van der Waals surface area contributed by atoms with Crippen LogP contribution in [0.4, 0.5) is 5.95 Å². The van der Waals surface area contributed by atoms with Gasteiger partial charge in [-0.25, -0.2) is 9.97 Å². The highest BCUT2D eigenvalue weighted by atomic mass is 35.5. The largest absolute Gasteiger partial charge is 0.507 e. The van der Waals surface area contributed by atoms with Gasteiger partial charge in [-0.1, -0.05) is 24.9 Å². The highest BCUT2D eigenvalue weighted by molar-refractivity contribution is 6.30. The number of aromatic nitrogens is 4. The lowest BCUT2D eigenvalue weighted by atomic mass is 10.1. The molecule has 0 spiro atoms. The summed E-state index contributed by atoms with van der Waals surface area (Å²) in [6.45, 7) is 2.11. The summed E-state index contributed by atoms with van der Waals surface area (Å²) in [5.41, 5.74) is 9.38. The molecule has 7 heteroatoms. The molecule has 6 nitrogen and oxygen atoms in total. The fourth-order valence-electron chi connectivity index (χ4n) is 2.59. The van der Waals surface area contributed by atoms with Crippen LogP contribution in [0.15, 0.2) is 30.3 Å². The zero-order chi connectivity index (χ0) is 17.3. The minimum absolute atomic E-state index is 0.0835. The van der Waals surface area contributed by atoms with Crippen molar-refractivity contribution in [3.05, 3.63) is 41.0 Å². The molecule has 2 aromatic heterocycles. The highest BCUT2D eigenvalue weighted by Crippen LogP contribution is 2.32. The van der Waals surface area contributed by atoms with Gasteiger partial charge in [0.1, 0.15) is 5.75 Å². The SMILES string of the molecule is CCCc1cc(-c2cc(-c3cc(Cl)ccc3O)nc(N)n2)n(C)n1. The fourth-order valence-corrected chi connectivity index (χ4v) is 2.77. The summed E-state index contributed by atoms with van der Waals surface area (Å²) < 4.78 is 1.77. The van der Waals surface area contributed by atoms with Gasteiger partial charge in [0.15, 0.2) is 0 Å². The molecule has 0 bridgehead atoms. The smallest absolute Gasteiger partial charge is 0.221 e. The Morgan fingerprint density at radius 1 is 1.17 bits per heavy atom. The lowest BCUT2D eigenvalue weighted by Gasteiger charge is -2.08. The van der Waals surface area contributed by atoms with E-state index in [2.05, 4.69) is 22.0 Å². The number of hydrogen-bond acceptors (Lipinski definition) is 5. The molecule has 3 aromatic rings. The second-order valence-corrected chi connectivity index (χ2v) is 5.99. The Kier molecular flexibility index (Phi) is 4.40. The molecule has 0 amide bonds. The first-order valence-corrected chi connectivity index (χ1v) is 8.02. The van der Waals surface area contributed by atoms with E-state index in [1.54, 1.807) is 22.9 Å². The molecule has 0 atom stereocenters. The molecule has 0 unspecified atom stereocenters. The van der Waals surface area contributed by atoms with Crippen molar-refractivity contribution >= 4 is 17.5 Å². The van der Waals surface area contributed by atoms with Crippen LogP contribution in [0.5, 0.6) is 5.75 Å². The first-order chi connectivity index (χ1) is 11.5. The Balaban J connectivity index is 2.11. The molecular formula is C17H18ClN5O. The van der Waals surface area contributed by atoms with Gasteiger partial charge in [0.25, 0.3) is 0 Å². The zero-order valence-corrected chi connectivity index (χ0v) is 14.2. The summed E-state index contributed by atoms with van der Waals surface area (Å²) in [6.07, 6.45) is 1.92.